The van der Waals surface area contributed by atoms with Crippen LogP contribution in [0.5, 0.6) is 0 Å². The van der Waals surface area contributed by atoms with E-state index in [1.54, 1.807) is 55.4 Å². The van der Waals surface area contributed by atoms with Gasteiger partial charge in [-0.25, -0.2) is 0 Å². The number of hydrogen-bond donors (Lipinski definition) is 2. The third-order valence-corrected chi connectivity index (χ3v) is 7.40. The van der Waals surface area contributed by atoms with Crippen molar-refractivity contribution < 1.29 is 48.3 Å². The molecule has 40 heavy (non-hydrogen) atoms. The van der Waals surface area contributed by atoms with Gasteiger partial charge in [0.2, 0.25) is 6.29 Å². The third-order valence-electron chi connectivity index (χ3n) is 7.40. The monoisotopic (exact) mass is 576 g/mol. The van der Waals surface area contributed by atoms with Gasteiger partial charge in [0, 0.05) is 6.42 Å². The van der Waals surface area contributed by atoms with Gasteiger partial charge in [-0.1, -0.05) is 27.7 Å². The fraction of sp³-hybridized carbons (Fsp3) is 0.867. The van der Waals surface area contributed by atoms with E-state index < -0.39 is 40.0 Å². The number of aliphatic hydroxyl groups is 2. The molecule has 0 radical (unpaired) electrons. The molecule has 0 aromatic carbocycles. The average Bonchev–Trinajstić information content (AvgIpc) is 2.89. The molecule has 0 fully saturated rings. The van der Waals surface area contributed by atoms with Gasteiger partial charge in [-0.15, -0.1) is 0 Å². The largest absolute Gasteiger partial charge is 0.465 e. The first-order valence-electron chi connectivity index (χ1n) is 14.2. The Labute approximate surface area is 241 Å². The lowest BCUT2D eigenvalue weighted by atomic mass is 9.90. The summed E-state index contributed by atoms with van der Waals surface area (Å²) in [5.41, 5.74) is -2.30. The molecule has 0 spiro atoms. The van der Waals surface area contributed by atoms with Gasteiger partial charge in [-0.05, 0) is 81.1 Å². The minimum Gasteiger partial charge on any atom is -0.465 e. The lowest BCUT2D eigenvalue weighted by Gasteiger charge is -2.23. The first kappa shape index (κ1) is 39.9. The highest BCUT2D eigenvalue weighted by Crippen LogP contribution is 2.24. The maximum atomic E-state index is 11.7. The van der Waals surface area contributed by atoms with E-state index in [0.717, 1.165) is 0 Å². The lowest BCUT2D eigenvalue weighted by Crippen LogP contribution is -2.33. The molecule has 0 aromatic heterocycles. The standard InChI is InChI=1S/2C15H28O5/c1-7-14(3,4)12(17)19-9-11(16)10-20-13(18)15(5,6)8-2;1-7-14(3,4)12(17)19-10-9-11(16)20-13(18)15(5,6)8-2/h2*11,16H,7-10H2,1-6H3. The van der Waals surface area contributed by atoms with E-state index in [1.807, 2.05) is 27.7 Å². The molecule has 0 bridgehead atoms. The highest BCUT2D eigenvalue weighted by atomic mass is 16.6. The maximum absolute atomic E-state index is 11.7. The molecular formula is C30H56O10. The molecule has 10 heteroatoms. The fourth-order valence-corrected chi connectivity index (χ4v) is 2.15. The van der Waals surface area contributed by atoms with Gasteiger partial charge in [0.25, 0.3) is 0 Å². The number of carbonyl (C=O) groups excluding carboxylic acids is 4. The molecule has 0 amide bonds. The van der Waals surface area contributed by atoms with E-state index >= 15 is 0 Å². The predicted octanol–water partition coefficient (Wildman–Crippen LogP) is 4.96. The van der Waals surface area contributed by atoms with Crippen LogP contribution in [-0.2, 0) is 38.1 Å². The summed E-state index contributed by atoms with van der Waals surface area (Å²) < 4.78 is 20.0. The van der Waals surface area contributed by atoms with Crippen LogP contribution in [0, 0.1) is 21.7 Å². The van der Waals surface area contributed by atoms with Crippen LogP contribution in [-0.4, -0.2) is 66.3 Å². The second-order valence-electron chi connectivity index (χ2n) is 12.6. The average molecular weight is 577 g/mol. The molecule has 1 unspecified atom stereocenters. The second-order valence-corrected chi connectivity index (χ2v) is 12.6. The first-order chi connectivity index (χ1) is 18.1. The predicted molar refractivity (Wildman–Crippen MR) is 152 cm³/mol. The number of hydrogen-bond acceptors (Lipinski definition) is 10. The Bertz CT molecular complexity index is 766. The van der Waals surface area contributed by atoms with Crippen LogP contribution in [0.2, 0.25) is 0 Å². The van der Waals surface area contributed by atoms with Crippen LogP contribution in [0.3, 0.4) is 0 Å². The van der Waals surface area contributed by atoms with Crippen LogP contribution >= 0.6 is 0 Å². The molecule has 0 aliphatic heterocycles. The molecule has 0 saturated carbocycles. The van der Waals surface area contributed by atoms with E-state index in [0.29, 0.717) is 25.7 Å². The summed E-state index contributed by atoms with van der Waals surface area (Å²) in [7, 11) is 0. The van der Waals surface area contributed by atoms with Gasteiger partial charge < -0.3 is 29.2 Å². The fourth-order valence-electron chi connectivity index (χ4n) is 2.15. The topological polar surface area (TPSA) is 146 Å². The van der Waals surface area contributed by atoms with Crippen LogP contribution in [0.4, 0.5) is 0 Å². The first-order valence-corrected chi connectivity index (χ1v) is 14.2. The second kappa shape index (κ2) is 17.6. The lowest BCUT2D eigenvalue weighted by molar-refractivity contribution is -0.182. The van der Waals surface area contributed by atoms with Crippen molar-refractivity contribution >= 4 is 23.9 Å². The number of rotatable bonds is 16. The van der Waals surface area contributed by atoms with Crippen molar-refractivity contribution in [3.05, 3.63) is 0 Å². The van der Waals surface area contributed by atoms with Crippen LogP contribution in [0.15, 0.2) is 0 Å². The summed E-state index contributed by atoms with van der Waals surface area (Å²) in [6, 6.07) is 0. The minimum atomic E-state index is -1.24. The van der Waals surface area contributed by atoms with Crippen LogP contribution in [0.1, 0.15) is 115 Å². The number of aliphatic hydroxyl groups excluding tert-OH is 2. The number of esters is 4. The van der Waals surface area contributed by atoms with E-state index in [9.17, 15) is 29.4 Å². The van der Waals surface area contributed by atoms with Crippen molar-refractivity contribution in [1.82, 2.24) is 0 Å². The maximum Gasteiger partial charge on any atom is 0.313 e. The van der Waals surface area contributed by atoms with Crippen molar-refractivity contribution in [2.24, 2.45) is 21.7 Å². The molecule has 0 aliphatic carbocycles. The quantitative estimate of drug-likeness (QED) is 0.147. The van der Waals surface area contributed by atoms with Crippen molar-refractivity contribution in [3.63, 3.8) is 0 Å². The Morgan fingerprint density at radius 3 is 1.18 bits per heavy atom. The van der Waals surface area contributed by atoms with Gasteiger partial charge in [0.05, 0.1) is 28.3 Å². The molecule has 1 atom stereocenters. The Balaban J connectivity index is 0. The van der Waals surface area contributed by atoms with Crippen LogP contribution < -0.4 is 0 Å². The molecule has 10 nitrogen and oxygen atoms in total. The van der Waals surface area contributed by atoms with Gasteiger partial charge in [0.1, 0.15) is 19.3 Å². The van der Waals surface area contributed by atoms with E-state index in [2.05, 4.69) is 0 Å². The Hall–Kier alpha value is -2.20. The Morgan fingerprint density at radius 2 is 0.850 bits per heavy atom. The number of ether oxygens (including phenoxy) is 4. The third kappa shape index (κ3) is 15.0. The zero-order valence-electron chi connectivity index (χ0n) is 27.0. The minimum absolute atomic E-state index is 0.0310. The Morgan fingerprint density at radius 1 is 0.550 bits per heavy atom. The van der Waals surface area contributed by atoms with Gasteiger partial charge >= 0.3 is 23.9 Å². The van der Waals surface area contributed by atoms with Crippen molar-refractivity contribution in [2.75, 3.05) is 19.8 Å². The van der Waals surface area contributed by atoms with E-state index in [1.165, 1.54) is 0 Å². The molecule has 0 saturated heterocycles. The Kier molecular flexibility index (Phi) is 17.6. The van der Waals surface area contributed by atoms with Crippen molar-refractivity contribution in [2.45, 2.75) is 128 Å². The summed E-state index contributed by atoms with van der Waals surface area (Å²) in [4.78, 5) is 46.8. The molecule has 2 N–H and O–H groups in total. The normalized spacial score (nSPS) is 13.1. The molecular weight excluding hydrogens is 520 g/mol. The highest BCUT2D eigenvalue weighted by Gasteiger charge is 2.31. The van der Waals surface area contributed by atoms with E-state index in [4.69, 9.17) is 18.9 Å². The van der Waals surface area contributed by atoms with Gasteiger partial charge in [0.15, 0.2) is 0 Å². The summed E-state index contributed by atoms with van der Waals surface area (Å²) in [5.74, 6) is -1.49. The zero-order chi connectivity index (χ0) is 31.9. The number of carbonyl (C=O) groups is 4. The summed E-state index contributed by atoms with van der Waals surface area (Å²) >= 11 is 0. The van der Waals surface area contributed by atoms with Crippen molar-refractivity contribution in [3.8, 4) is 0 Å². The highest BCUT2D eigenvalue weighted by molar-refractivity contribution is 5.77. The molecule has 0 heterocycles. The van der Waals surface area contributed by atoms with Gasteiger partial charge in [-0.3, -0.25) is 19.2 Å². The SMILES string of the molecule is CCC(C)(C)C(=O)OCC(O)COC(=O)C(C)(C)CC.CCC(C)(C)C(=O)OCCC(O)OC(=O)C(C)(C)CC. The molecule has 236 valence electrons. The summed E-state index contributed by atoms with van der Waals surface area (Å²) in [6.07, 6.45) is 0.445. The summed E-state index contributed by atoms with van der Waals surface area (Å²) in [6.45, 7) is 21.5. The molecule has 0 aromatic rings. The van der Waals surface area contributed by atoms with E-state index in [-0.39, 0.29) is 44.1 Å². The molecule has 0 rings (SSSR count). The molecule has 0 aliphatic rings. The van der Waals surface area contributed by atoms with Crippen LogP contribution in [0.25, 0.3) is 0 Å². The van der Waals surface area contributed by atoms with Gasteiger partial charge in [-0.2, -0.15) is 0 Å². The smallest absolute Gasteiger partial charge is 0.313 e. The zero-order valence-corrected chi connectivity index (χ0v) is 27.0. The summed E-state index contributed by atoms with van der Waals surface area (Å²) in [5, 5.41) is 19.3. The van der Waals surface area contributed by atoms with Crippen molar-refractivity contribution in [1.29, 1.82) is 0 Å².